The number of amides is 1. The molecular weight excluding hydrogens is 276 g/mol. The molecule has 0 radical (unpaired) electrons. The summed E-state index contributed by atoms with van der Waals surface area (Å²) >= 11 is 0. The molecule has 2 aromatic carbocycles. The molecule has 2 aromatic rings. The van der Waals surface area contributed by atoms with Crippen molar-refractivity contribution >= 4 is 17.3 Å². The lowest BCUT2D eigenvalue weighted by Crippen LogP contribution is -2.42. The summed E-state index contributed by atoms with van der Waals surface area (Å²) < 4.78 is 5.80. The molecule has 0 aliphatic carbocycles. The molecule has 0 spiro atoms. The molecule has 3 rings (SSSR count). The second-order valence-electron chi connectivity index (χ2n) is 5.75. The van der Waals surface area contributed by atoms with Gasteiger partial charge in [-0.25, -0.2) is 0 Å². The molecule has 1 aliphatic heterocycles. The number of anilines is 2. The van der Waals surface area contributed by atoms with Crippen LogP contribution in [0.3, 0.4) is 0 Å². The summed E-state index contributed by atoms with van der Waals surface area (Å²) in [6, 6.07) is 15.3. The number of benzene rings is 2. The zero-order chi connectivity index (χ0) is 15.7. The van der Waals surface area contributed by atoms with Crippen LogP contribution in [0, 0.1) is 0 Å². The summed E-state index contributed by atoms with van der Waals surface area (Å²) in [7, 11) is 3.97. The van der Waals surface area contributed by atoms with Crippen LogP contribution in [0.25, 0.3) is 0 Å². The van der Waals surface area contributed by atoms with Crippen molar-refractivity contribution in [3.63, 3.8) is 0 Å². The highest BCUT2D eigenvalue weighted by Crippen LogP contribution is 2.34. The number of hydrogen-bond acceptors (Lipinski definition) is 3. The van der Waals surface area contributed by atoms with Crippen LogP contribution in [0.15, 0.2) is 48.5 Å². The number of nitrogens with zero attached hydrogens (tertiary/aromatic N) is 2. The van der Waals surface area contributed by atoms with E-state index in [0.717, 1.165) is 17.1 Å². The maximum Gasteiger partial charge on any atom is 0.258 e. The lowest BCUT2D eigenvalue weighted by molar-refractivity contribution is 0.0961. The van der Waals surface area contributed by atoms with Crippen molar-refractivity contribution < 1.29 is 9.53 Å². The predicted molar refractivity (Wildman–Crippen MR) is 89.0 cm³/mol. The minimum Gasteiger partial charge on any atom is -0.487 e. The van der Waals surface area contributed by atoms with E-state index in [1.54, 1.807) is 4.90 Å². The van der Waals surface area contributed by atoms with Gasteiger partial charge >= 0.3 is 0 Å². The van der Waals surface area contributed by atoms with E-state index < -0.39 is 0 Å². The molecular formula is C18H20N2O2. The summed E-state index contributed by atoms with van der Waals surface area (Å²) in [5.74, 6) is 0.771. The van der Waals surface area contributed by atoms with Crippen LogP contribution >= 0.6 is 0 Å². The van der Waals surface area contributed by atoms with Gasteiger partial charge in [-0.1, -0.05) is 12.1 Å². The summed E-state index contributed by atoms with van der Waals surface area (Å²) in [5.41, 5.74) is 2.60. The van der Waals surface area contributed by atoms with E-state index in [4.69, 9.17) is 4.74 Å². The van der Waals surface area contributed by atoms with E-state index in [0.29, 0.717) is 12.1 Å². The number of para-hydroxylation sites is 2. The Hall–Kier alpha value is -2.49. The van der Waals surface area contributed by atoms with Crippen molar-refractivity contribution in [3.8, 4) is 5.75 Å². The Labute approximate surface area is 130 Å². The summed E-state index contributed by atoms with van der Waals surface area (Å²) in [6.07, 6.45) is -0.0140. The largest absolute Gasteiger partial charge is 0.487 e. The maximum absolute atomic E-state index is 12.8. The first-order valence-corrected chi connectivity index (χ1v) is 7.41. The third-order valence-electron chi connectivity index (χ3n) is 3.80. The number of hydrogen-bond donors (Lipinski definition) is 0. The number of carbonyl (C=O) groups is 1. The minimum absolute atomic E-state index is 0.00732. The van der Waals surface area contributed by atoms with Crippen molar-refractivity contribution in [2.45, 2.75) is 13.0 Å². The molecule has 1 heterocycles. The number of ether oxygens (including phenoxy) is 1. The standard InChI is InChI=1S/C18H20N2O2/c1-13-12-20(16-6-4-5-7-17(16)22-13)18(21)14-8-10-15(11-9-14)19(2)3/h4-11,13H,12H2,1-3H3. The fourth-order valence-electron chi connectivity index (χ4n) is 2.64. The highest BCUT2D eigenvalue weighted by molar-refractivity contribution is 6.07. The van der Waals surface area contributed by atoms with Crippen LogP contribution in [0.4, 0.5) is 11.4 Å². The van der Waals surface area contributed by atoms with Crippen molar-refractivity contribution in [2.24, 2.45) is 0 Å². The Morgan fingerprint density at radius 2 is 1.82 bits per heavy atom. The molecule has 114 valence electrons. The molecule has 0 bridgehead atoms. The first kappa shape index (κ1) is 14.4. The molecule has 1 aliphatic rings. The molecule has 1 atom stereocenters. The number of carbonyl (C=O) groups excluding carboxylic acids is 1. The second kappa shape index (κ2) is 5.72. The molecule has 0 fully saturated rings. The zero-order valence-electron chi connectivity index (χ0n) is 13.1. The van der Waals surface area contributed by atoms with Crippen molar-refractivity contribution in [1.29, 1.82) is 0 Å². The Bertz CT molecular complexity index is 680. The van der Waals surface area contributed by atoms with E-state index in [1.807, 2.05) is 74.4 Å². The molecule has 4 heteroatoms. The van der Waals surface area contributed by atoms with Crippen LogP contribution in [-0.4, -0.2) is 32.7 Å². The van der Waals surface area contributed by atoms with Gasteiger partial charge in [-0.3, -0.25) is 4.79 Å². The van der Waals surface area contributed by atoms with Gasteiger partial charge < -0.3 is 14.5 Å². The van der Waals surface area contributed by atoms with Crippen molar-refractivity contribution in [3.05, 3.63) is 54.1 Å². The van der Waals surface area contributed by atoms with Crippen LogP contribution in [0.2, 0.25) is 0 Å². The van der Waals surface area contributed by atoms with Gasteiger partial charge in [0.25, 0.3) is 5.91 Å². The van der Waals surface area contributed by atoms with E-state index in [1.165, 1.54) is 0 Å². The first-order chi connectivity index (χ1) is 10.6. The quantitative estimate of drug-likeness (QED) is 0.853. The van der Waals surface area contributed by atoms with Gasteiger partial charge in [0.1, 0.15) is 11.9 Å². The summed E-state index contributed by atoms with van der Waals surface area (Å²) in [6.45, 7) is 2.54. The molecule has 1 unspecified atom stereocenters. The number of fused-ring (bicyclic) bond motifs is 1. The summed E-state index contributed by atoms with van der Waals surface area (Å²) in [5, 5.41) is 0. The van der Waals surface area contributed by atoms with Gasteiger partial charge in [0.15, 0.2) is 0 Å². The van der Waals surface area contributed by atoms with Gasteiger partial charge in [-0.05, 0) is 43.3 Å². The van der Waals surface area contributed by atoms with E-state index >= 15 is 0 Å². The topological polar surface area (TPSA) is 32.8 Å². The van der Waals surface area contributed by atoms with E-state index in [9.17, 15) is 4.79 Å². The van der Waals surface area contributed by atoms with E-state index in [-0.39, 0.29) is 12.0 Å². The van der Waals surface area contributed by atoms with Crippen molar-refractivity contribution in [2.75, 3.05) is 30.4 Å². The highest BCUT2D eigenvalue weighted by Gasteiger charge is 2.27. The lowest BCUT2D eigenvalue weighted by Gasteiger charge is -2.33. The average molecular weight is 296 g/mol. The Morgan fingerprint density at radius 3 is 2.50 bits per heavy atom. The minimum atomic E-state index is -0.0140. The van der Waals surface area contributed by atoms with Gasteiger partial charge in [0.2, 0.25) is 0 Å². The number of rotatable bonds is 2. The molecule has 0 N–H and O–H groups in total. The van der Waals surface area contributed by atoms with Crippen LogP contribution in [0.1, 0.15) is 17.3 Å². The average Bonchev–Trinajstić information content (AvgIpc) is 2.53. The summed E-state index contributed by atoms with van der Waals surface area (Å²) in [4.78, 5) is 16.7. The van der Waals surface area contributed by atoms with Crippen LogP contribution < -0.4 is 14.5 Å². The van der Waals surface area contributed by atoms with Gasteiger partial charge in [-0.15, -0.1) is 0 Å². The molecule has 0 saturated carbocycles. The Kier molecular flexibility index (Phi) is 3.75. The Morgan fingerprint density at radius 1 is 1.14 bits per heavy atom. The van der Waals surface area contributed by atoms with Gasteiger partial charge in [-0.2, -0.15) is 0 Å². The second-order valence-corrected chi connectivity index (χ2v) is 5.75. The third kappa shape index (κ3) is 2.64. The molecule has 0 aromatic heterocycles. The SMILES string of the molecule is CC1CN(C(=O)c2ccc(N(C)C)cc2)c2ccccc2O1. The molecule has 22 heavy (non-hydrogen) atoms. The molecule has 1 amide bonds. The molecule has 4 nitrogen and oxygen atoms in total. The van der Waals surface area contributed by atoms with Gasteiger partial charge in [0.05, 0.1) is 12.2 Å². The highest BCUT2D eigenvalue weighted by atomic mass is 16.5. The van der Waals surface area contributed by atoms with Crippen LogP contribution in [0.5, 0.6) is 5.75 Å². The molecule has 0 saturated heterocycles. The lowest BCUT2D eigenvalue weighted by atomic mass is 10.1. The van der Waals surface area contributed by atoms with Crippen molar-refractivity contribution in [1.82, 2.24) is 0 Å². The smallest absolute Gasteiger partial charge is 0.258 e. The first-order valence-electron chi connectivity index (χ1n) is 7.41. The Balaban J connectivity index is 1.92. The fraction of sp³-hybridized carbons (Fsp3) is 0.278. The maximum atomic E-state index is 12.8. The fourth-order valence-corrected chi connectivity index (χ4v) is 2.64. The van der Waals surface area contributed by atoms with Crippen LogP contribution in [-0.2, 0) is 0 Å². The third-order valence-corrected chi connectivity index (χ3v) is 3.80. The predicted octanol–water partition coefficient (Wildman–Crippen LogP) is 3.18. The monoisotopic (exact) mass is 296 g/mol. The van der Waals surface area contributed by atoms with E-state index in [2.05, 4.69) is 0 Å². The zero-order valence-corrected chi connectivity index (χ0v) is 13.1. The normalized spacial score (nSPS) is 16.7. The van der Waals surface area contributed by atoms with Gasteiger partial charge in [0, 0.05) is 25.3 Å².